The quantitative estimate of drug-likeness (QED) is 0.488. The minimum atomic E-state index is -0.934. The second-order valence-corrected chi connectivity index (χ2v) is 9.57. The molecule has 8 heteroatoms. The zero-order chi connectivity index (χ0) is 24.5. The smallest absolute Gasteiger partial charge is 0.407 e. The molecule has 190 valence electrons. The summed E-state index contributed by atoms with van der Waals surface area (Å²) in [6.07, 6.45) is 7.17. The van der Waals surface area contributed by atoms with E-state index in [9.17, 15) is 14.7 Å². The van der Waals surface area contributed by atoms with Gasteiger partial charge in [-0.3, -0.25) is 4.79 Å². The molecule has 0 radical (unpaired) electrons. The van der Waals surface area contributed by atoms with Crippen molar-refractivity contribution in [1.29, 1.82) is 0 Å². The number of hydrogen-bond donors (Lipinski definition) is 1. The van der Waals surface area contributed by atoms with E-state index in [1.807, 2.05) is 24.8 Å². The van der Waals surface area contributed by atoms with Crippen molar-refractivity contribution in [2.24, 2.45) is 0 Å². The standard InChI is InChI=1S/C26H40N2O6/c1-19(2)28(21-9-7-14-27(18-21)26(30)31)25(29)20-12-13-23(34-22-10-5-4-6-11-22)24(17-20)33-16-8-15-32-3/h12-13,17,19,21-22H,4-11,14-16,18H2,1-3H3,(H,30,31)/t21-/m1/s1. The van der Waals surface area contributed by atoms with Crippen molar-refractivity contribution in [2.75, 3.05) is 33.4 Å². The largest absolute Gasteiger partial charge is 0.490 e. The molecule has 0 unspecified atom stereocenters. The average Bonchev–Trinajstić information content (AvgIpc) is 2.83. The summed E-state index contributed by atoms with van der Waals surface area (Å²) >= 11 is 0. The molecule has 1 aromatic rings. The molecule has 1 aliphatic carbocycles. The summed E-state index contributed by atoms with van der Waals surface area (Å²) in [4.78, 5) is 28.4. The van der Waals surface area contributed by atoms with E-state index >= 15 is 0 Å². The maximum atomic E-state index is 13.6. The van der Waals surface area contributed by atoms with Gasteiger partial charge in [-0.05, 0) is 70.6 Å². The first-order valence-corrected chi connectivity index (χ1v) is 12.6. The van der Waals surface area contributed by atoms with Gasteiger partial charge in [-0.1, -0.05) is 6.42 Å². The van der Waals surface area contributed by atoms with Crippen LogP contribution in [-0.4, -0.2) is 78.5 Å². The number of amides is 2. The lowest BCUT2D eigenvalue weighted by Crippen LogP contribution is -2.53. The number of likely N-dealkylation sites (tertiary alicyclic amines) is 1. The van der Waals surface area contributed by atoms with Crippen LogP contribution in [0, 0.1) is 0 Å². The van der Waals surface area contributed by atoms with E-state index < -0.39 is 6.09 Å². The molecule has 1 saturated carbocycles. The Morgan fingerprint density at radius 1 is 1.09 bits per heavy atom. The van der Waals surface area contributed by atoms with Crippen LogP contribution in [0.15, 0.2) is 18.2 Å². The van der Waals surface area contributed by atoms with Gasteiger partial charge in [-0.15, -0.1) is 0 Å². The van der Waals surface area contributed by atoms with E-state index in [0.717, 1.165) is 32.1 Å². The Morgan fingerprint density at radius 2 is 1.85 bits per heavy atom. The minimum absolute atomic E-state index is 0.0597. The van der Waals surface area contributed by atoms with Crippen LogP contribution < -0.4 is 9.47 Å². The zero-order valence-corrected chi connectivity index (χ0v) is 20.8. The summed E-state index contributed by atoms with van der Waals surface area (Å²) in [7, 11) is 1.66. The van der Waals surface area contributed by atoms with E-state index in [1.54, 1.807) is 19.2 Å². The Balaban J connectivity index is 1.80. The molecule has 0 bridgehead atoms. The molecular formula is C26H40N2O6. The predicted molar refractivity (Wildman–Crippen MR) is 130 cm³/mol. The first-order chi connectivity index (χ1) is 16.4. The molecule has 2 aliphatic rings. The van der Waals surface area contributed by atoms with Crippen molar-refractivity contribution in [1.82, 2.24) is 9.80 Å². The third-order valence-electron chi connectivity index (χ3n) is 6.64. The Labute approximate surface area is 203 Å². The van der Waals surface area contributed by atoms with Crippen LogP contribution in [0.25, 0.3) is 0 Å². The molecule has 1 aromatic carbocycles. The van der Waals surface area contributed by atoms with Crippen LogP contribution in [0.2, 0.25) is 0 Å². The molecule has 0 aromatic heterocycles. The lowest BCUT2D eigenvalue weighted by atomic mass is 9.98. The summed E-state index contributed by atoms with van der Waals surface area (Å²) in [6.45, 7) is 5.86. The van der Waals surface area contributed by atoms with E-state index in [0.29, 0.717) is 43.4 Å². The molecular weight excluding hydrogens is 436 g/mol. The molecule has 1 N–H and O–H groups in total. The molecule has 34 heavy (non-hydrogen) atoms. The fourth-order valence-electron chi connectivity index (χ4n) is 4.93. The summed E-state index contributed by atoms with van der Waals surface area (Å²) < 4.78 is 17.5. The molecule has 1 atom stereocenters. The van der Waals surface area contributed by atoms with Crippen molar-refractivity contribution in [3.63, 3.8) is 0 Å². The van der Waals surface area contributed by atoms with Crippen molar-refractivity contribution < 1.29 is 28.9 Å². The topological polar surface area (TPSA) is 88.5 Å². The van der Waals surface area contributed by atoms with Gasteiger partial charge in [0.2, 0.25) is 0 Å². The monoisotopic (exact) mass is 476 g/mol. The summed E-state index contributed by atoms with van der Waals surface area (Å²) in [5.74, 6) is 1.14. The molecule has 8 nitrogen and oxygen atoms in total. The lowest BCUT2D eigenvalue weighted by Gasteiger charge is -2.40. The van der Waals surface area contributed by atoms with E-state index in [2.05, 4.69) is 0 Å². The van der Waals surface area contributed by atoms with Gasteiger partial charge in [0, 0.05) is 44.8 Å². The summed E-state index contributed by atoms with van der Waals surface area (Å²) in [6, 6.07) is 5.21. The molecule has 2 fully saturated rings. The predicted octanol–water partition coefficient (Wildman–Crippen LogP) is 4.81. The number of methoxy groups -OCH3 is 1. The van der Waals surface area contributed by atoms with Crippen LogP contribution in [0.5, 0.6) is 11.5 Å². The highest BCUT2D eigenvalue weighted by atomic mass is 16.5. The number of carbonyl (C=O) groups excluding carboxylic acids is 1. The van der Waals surface area contributed by atoms with Gasteiger partial charge in [0.1, 0.15) is 0 Å². The Hall–Kier alpha value is -2.48. The summed E-state index contributed by atoms with van der Waals surface area (Å²) in [5.41, 5.74) is 0.527. The number of nitrogens with zero attached hydrogens (tertiary/aromatic N) is 2. The van der Waals surface area contributed by atoms with Gasteiger partial charge in [0.05, 0.1) is 18.8 Å². The second-order valence-electron chi connectivity index (χ2n) is 9.57. The third kappa shape index (κ3) is 7.01. The molecule has 1 saturated heterocycles. The van der Waals surface area contributed by atoms with Crippen molar-refractivity contribution >= 4 is 12.0 Å². The van der Waals surface area contributed by atoms with Gasteiger partial charge < -0.3 is 29.1 Å². The maximum Gasteiger partial charge on any atom is 0.407 e. The van der Waals surface area contributed by atoms with Gasteiger partial charge in [0.25, 0.3) is 5.91 Å². The third-order valence-corrected chi connectivity index (χ3v) is 6.64. The molecule has 3 rings (SSSR count). The minimum Gasteiger partial charge on any atom is -0.490 e. The Morgan fingerprint density at radius 3 is 2.53 bits per heavy atom. The highest BCUT2D eigenvalue weighted by molar-refractivity contribution is 5.95. The highest BCUT2D eigenvalue weighted by Gasteiger charge is 2.33. The molecule has 2 amide bonds. The fourth-order valence-corrected chi connectivity index (χ4v) is 4.93. The number of carbonyl (C=O) groups is 2. The van der Waals surface area contributed by atoms with Crippen LogP contribution in [-0.2, 0) is 4.74 Å². The number of carboxylic acid groups (broad SMARTS) is 1. The van der Waals surface area contributed by atoms with Gasteiger partial charge in [-0.2, -0.15) is 0 Å². The average molecular weight is 477 g/mol. The van der Waals surface area contributed by atoms with Gasteiger partial charge in [-0.25, -0.2) is 4.79 Å². The van der Waals surface area contributed by atoms with E-state index in [4.69, 9.17) is 14.2 Å². The first-order valence-electron chi connectivity index (χ1n) is 12.6. The van der Waals surface area contributed by atoms with Gasteiger partial charge >= 0.3 is 6.09 Å². The van der Waals surface area contributed by atoms with Crippen LogP contribution in [0.3, 0.4) is 0 Å². The fraction of sp³-hybridized carbons (Fsp3) is 0.692. The van der Waals surface area contributed by atoms with Crippen LogP contribution in [0.4, 0.5) is 4.79 Å². The number of hydrogen-bond acceptors (Lipinski definition) is 5. The Bertz CT molecular complexity index is 808. The highest BCUT2D eigenvalue weighted by Crippen LogP contribution is 2.33. The lowest BCUT2D eigenvalue weighted by molar-refractivity contribution is 0.0449. The molecule has 0 spiro atoms. The van der Waals surface area contributed by atoms with E-state index in [1.165, 1.54) is 24.2 Å². The maximum absolute atomic E-state index is 13.6. The summed E-state index contributed by atoms with van der Waals surface area (Å²) in [5, 5.41) is 9.44. The number of piperidine rings is 1. The number of benzene rings is 1. The SMILES string of the molecule is COCCCOc1cc(C(=O)N(C(C)C)[C@@H]2CCCN(C(=O)O)C2)ccc1OC1CCCCC1. The Kier molecular flexibility index (Phi) is 9.86. The van der Waals surface area contributed by atoms with Crippen molar-refractivity contribution in [2.45, 2.75) is 83.4 Å². The van der Waals surface area contributed by atoms with Crippen LogP contribution in [0.1, 0.15) is 75.6 Å². The van der Waals surface area contributed by atoms with E-state index in [-0.39, 0.29) is 24.1 Å². The second kappa shape index (κ2) is 12.8. The first kappa shape index (κ1) is 26.1. The van der Waals surface area contributed by atoms with Crippen molar-refractivity contribution in [3.8, 4) is 11.5 Å². The zero-order valence-electron chi connectivity index (χ0n) is 20.8. The van der Waals surface area contributed by atoms with Crippen molar-refractivity contribution in [3.05, 3.63) is 23.8 Å². The normalized spacial score (nSPS) is 19.2. The molecule has 1 aliphatic heterocycles. The van der Waals surface area contributed by atoms with Gasteiger partial charge in [0.15, 0.2) is 11.5 Å². The number of rotatable bonds is 10. The molecule has 1 heterocycles. The van der Waals surface area contributed by atoms with Crippen LogP contribution >= 0.6 is 0 Å². The number of ether oxygens (including phenoxy) is 3.